The molecule has 3 aromatic carbocycles. The normalized spacial score (nSPS) is 11.0. The Morgan fingerprint density at radius 2 is 1.31 bits per heavy atom. The fraction of sp³-hybridized carbons (Fsp3) is 0.280. The summed E-state index contributed by atoms with van der Waals surface area (Å²) in [5, 5.41) is 0. The molecule has 0 N–H and O–H groups in total. The highest BCUT2D eigenvalue weighted by atomic mass is 32.2. The standard InChI is InChI=1S/C25H29S/c1-3-4-5-8-13-22-18-19-25(21(2)20-22)26(23-14-9-6-10-15-23)24-16-11-7-12-17-24/h6-7,9-12,14-20H,3-5,8,13H2,1-2H3/q+1. The minimum absolute atomic E-state index is 0.0432. The van der Waals surface area contributed by atoms with Gasteiger partial charge in [0, 0.05) is 5.56 Å². The third-order valence-electron chi connectivity index (χ3n) is 4.74. The molecule has 0 aliphatic heterocycles. The Hall–Kier alpha value is -1.99. The van der Waals surface area contributed by atoms with Crippen molar-refractivity contribution < 1.29 is 0 Å². The Bertz CT molecular complexity index is 753. The van der Waals surface area contributed by atoms with E-state index >= 15 is 0 Å². The Balaban J connectivity index is 1.90. The van der Waals surface area contributed by atoms with E-state index in [9.17, 15) is 0 Å². The van der Waals surface area contributed by atoms with Crippen LogP contribution in [0.4, 0.5) is 0 Å². The summed E-state index contributed by atoms with van der Waals surface area (Å²) in [6.45, 7) is 4.55. The van der Waals surface area contributed by atoms with Crippen LogP contribution < -0.4 is 0 Å². The highest BCUT2D eigenvalue weighted by molar-refractivity contribution is 7.97. The fourth-order valence-corrected chi connectivity index (χ4v) is 5.58. The summed E-state index contributed by atoms with van der Waals surface area (Å²) in [5.74, 6) is 0. The first-order valence-electron chi connectivity index (χ1n) is 9.73. The third kappa shape index (κ3) is 4.80. The van der Waals surface area contributed by atoms with Crippen molar-refractivity contribution in [2.75, 3.05) is 0 Å². The number of unbranched alkanes of at least 4 members (excludes halogenated alkanes) is 3. The molecule has 0 spiro atoms. The minimum atomic E-state index is -0.0432. The van der Waals surface area contributed by atoms with Crippen molar-refractivity contribution in [2.45, 2.75) is 60.6 Å². The predicted molar refractivity (Wildman–Crippen MR) is 114 cm³/mol. The van der Waals surface area contributed by atoms with Gasteiger partial charge in [-0.3, -0.25) is 0 Å². The smallest absolute Gasteiger partial charge is 0.0654 e. The lowest BCUT2D eigenvalue weighted by Gasteiger charge is -2.11. The number of hydrogen-bond donors (Lipinski definition) is 0. The van der Waals surface area contributed by atoms with Gasteiger partial charge in [-0.05, 0) is 55.7 Å². The molecule has 0 fully saturated rings. The van der Waals surface area contributed by atoms with Gasteiger partial charge in [0.25, 0.3) is 0 Å². The van der Waals surface area contributed by atoms with Crippen LogP contribution >= 0.6 is 0 Å². The Labute approximate surface area is 161 Å². The fourth-order valence-electron chi connectivity index (χ4n) is 3.36. The topological polar surface area (TPSA) is 0 Å². The molecule has 0 heterocycles. The van der Waals surface area contributed by atoms with Crippen LogP contribution in [0.2, 0.25) is 0 Å². The van der Waals surface area contributed by atoms with Crippen LogP contribution in [0.1, 0.15) is 43.7 Å². The van der Waals surface area contributed by atoms with E-state index in [4.69, 9.17) is 0 Å². The van der Waals surface area contributed by atoms with E-state index in [0.717, 1.165) is 0 Å². The summed E-state index contributed by atoms with van der Waals surface area (Å²) in [6.07, 6.45) is 6.49. The maximum absolute atomic E-state index is 2.41. The predicted octanol–water partition coefficient (Wildman–Crippen LogP) is 7.21. The number of hydrogen-bond acceptors (Lipinski definition) is 0. The molecule has 1 heteroatoms. The molecule has 0 atom stereocenters. The van der Waals surface area contributed by atoms with Crippen molar-refractivity contribution in [2.24, 2.45) is 0 Å². The van der Waals surface area contributed by atoms with E-state index in [-0.39, 0.29) is 10.9 Å². The second-order valence-electron chi connectivity index (χ2n) is 6.84. The largest absolute Gasteiger partial charge is 0.169 e. The molecule has 0 saturated heterocycles. The molecule has 26 heavy (non-hydrogen) atoms. The van der Waals surface area contributed by atoms with E-state index < -0.39 is 0 Å². The first-order valence-corrected chi connectivity index (χ1v) is 11.0. The van der Waals surface area contributed by atoms with Gasteiger partial charge >= 0.3 is 0 Å². The van der Waals surface area contributed by atoms with Gasteiger partial charge in [-0.15, -0.1) is 0 Å². The van der Waals surface area contributed by atoms with Gasteiger partial charge in [-0.25, -0.2) is 0 Å². The zero-order valence-electron chi connectivity index (χ0n) is 15.9. The molecule has 0 aromatic heterocycles. The lowest BCUT2D eigenvalue weighted by molar-refractivity contribution is 0.666. The van der Waals surface area contributed by atoms with Crippen LogP contribution in [0.25, 0.3) is 0 Å². The molecule has 0 aliphatic carbocycles. The number of rotatable bonds is 8. The molecular weight excluding hydrogens is 332 g/mol. The van der Waals surface area contributed by atoms with E-state index in [1.807, 2.05) is 0 Å². The second kappa shape index (κ2) is 9.64. The van der Waals surface area contributed by atoms with Crippen molar-refractivity contribution in [1.29, 1.82) is 0 Å². The van der Waals surface area contributed by atoms with Gasteiger partial charge in [0.1, 0.15) is 0 Å². The Morgan fingerprint density at radius 3 is 1.85 bits per heavy atom. The number of benzene rings is 3. The second-order valence-corrected chi connectivity index (χ2v) is 8.84. The number of aryl methyl sites for hydroxylation is 2. The highest BCUT2D eigenvalue weighted by Crippen LogP contribution is 2.33. The van der Waals surface area contributed by atoms with E-state index in [0.29, 0.717) is 0 Å². The summed E-state index contributed by atoms with van der Waals surface area (Å²) in [4.78, 5) is 4.22. The molecule has 0 unspecified atom stereocenters. The summed E-state index contributed by atoms with van der Waals surface area (Å²) in [6, 6.07) is 29.0. The van der Waals surface area contributed by atoms with Crippen LogP contribution in [0.5, 0.6) is 0 Å². The van der Waals surface area contributed by atoms with E-state index in [1.54, 1.807) is 0 Å². The molecule has 134 valence electrons. The van der Waals surface area contributed by atoms with Gasteiger partial charge < -0.3 is 0 Å². The maximum atomic E-state index is 2.41. The van der Waals surface area contributed by atoms with Crippen molar-refractivity contribution in [3.8, 4) is 0 Å². The van der Waals surface area contributed by atoms with Gasteiger partial charge in [0.05, 0.1) is 10.9 Å². The molecule has 3 aromatic rings. The molecule has 0 amide bonds. The zero-order chi connectivity index (χ0) is 18.2. The van der Waals surface area contributed by atoms with E-state index in [1.165, 1.54) is 57.9 Å². The van der Waals surface area contributed by atoms with Gasteiger partial charge in [0.15, 0.2) is 14.7 Å². The van der Waals surface area contributed by atoms with Crippen LogP contribution in [0.15, 0.2) is 93.5 Å². The lowest BCUT2D eigenvalue weighted by Crippen LogP contribution is -2.07. The molecule has 0 bridgehead atoms. The summed E-state index contributed by atoms with van der Waals surface area (Å²) >= 11 is 0. The Morgan fingerprint density at radius 1 is 0.692 bits per heavy atom. The minimum Gasteiger partial charge on any atom is -0.0654 e. The van der Waals surface area contributed by atoms with Crippen molar-refractivity contribution in [3.63, 3.8) is 0 Å². The SMILES string of the molecule is CCCCCCc1ccc([S+](c2ccccc2)c2ccccc2)c(C)c1. The van der Waals surface area contributed by atoms with Crippen LogP contribution in [0, 0.1) is 6.92 Å². The maximum Gasteiger partial charge on any atom is 0.169 e. The summed E-state index contributed by atoms with van der Waals surface area (Å²) in [5.41, 5.74) is 2.89. The third-order valence-corrected chi connectivity index (χ3v) is 7.12. The highest BCUT2D eigenvalue weighted by Gasteiger charge is 2.29. The summed E-state index contributed by atoms with van der Waals surface area (Å²) < 4.78 is 0. The molecule has 0 saturated carbocycles. The zero-order valence-corrected chi connectivity index (χ0v) is 16.8. The average Bonchev–Trinajstić information content (AvgIpc) is 2.69. The molecular formula is C25H29S+. The van der Waals surface area contributed by atoms with Crippen LogP contribution in [0.3, 0.4) is 0 Å². The monoisotopic (exact) mass is 361 g/mol. The average molecular weight is 362 g/mol. The van der Waals surface area contributed by atoms with Crippen molar-refractivity contribution >= 4 is 10.9 Å². The molecule has 3 rings (SSSR count). The quantitative estimate of drug-likeness (QED) is 0.293. The molecule has 0 aliphatic rings. The van der Waals surface area contributed by atoms with E-state index in [2.05, 4.69) is 92.7 Å². The van der Waals surface area contributed by atoms with Crippen molar-refractivity contribution in [3.05, 3.63) is 90.0 Å². The van der Waals surface area contributed by atoms with Gasteiger partial charge in [-0.1, -0.05) is 74.7 Å². The van der Waals surface area contributed by atoms with Crippen molar-refractivity contribution in [1.82, 2.24) is 0 Å². The van der Waals surface area contributed by atoms with Gasteiger partial charge in [0.2, 0.25) is 0 Å². The Kier molecular flexibility index (Phi) is 6.96. The van der Waals surface area contributed by atoms with Crippen LogP contribution in [-0.2, 0) is 17.3 Å². The van der Waals surface area contributed by atoms with Gasteiger partial charge in [-0.2, -0.15) is 0 Å². The molecule has 0 nitrogen and oxygen atoms in total. The first kappa shape index (κ1) is 18.8. The molecule has 0 radical (unpaired) electrons. The lowest BCUT2D eigenvalue weighted by atomic mass is 10.0. The summed E-state index contributed by atoms with van der Waals surface area (Å²) in [7, 11) is -0.0432. The first-order chi connectivity index (χ1) is 12.8. The van der Waals surface area contributed by atoms with Crippen LogP contribution in [-0.4, -0.2) is 0 Å².